The van der Waals surface area contributed by atoms with Gasteiger partial charge in [-0.1, -0.05) is 0 Å². The molecule has 0 bridgehead atoms. The Balaban J connectivity index is 1.23. The molecule has 0 radical (unpaired) electrons. The van der Waals surface area contributed by atoms with Crippen molar-refractivity contribution in [2.45, 2.75) is 49.7 Å². The molecule has 2 aliphatic rings. The number of hydrogen-bond donors (Lipinski definition) is 2. The van der Waals surface area contributed by atoms with Crippen molar-refractivity contribution in [2.24, 2.45) is 0 Å². The number of aromatic nitrogens is 4. The normalized spacial score (nSPS) is 18.0. The second kappa shape index (κ2) is 10.1. The second-order valence-corrected chi connectivity index (χ2v) is 13.0. The van der Waals surface area contributed by atoms with Gasteiger partial charge < -0.3 is 15.5 Å². The number of piperazine rings is 1. The van der Waals surface area contributed by atoms with Gasteiger partial charge in [-0.3, -0.25) is 14.8 Å². The molecule has 2 N–H and O–H groups in total. The maximum atomic E-state index is 14.8. The van der Waals surface area contributed by atoms with Crippen LogP contribution in [-0.2, 0) is 16.4 Å². The zero-order valence-electron chi connectivity index (χ0n) is 23.0. The highest BCUT2D eigenvalue weighted by atomic mass is 32.2. The molecule has 1 atom stereocenters. The van der Waals surface area contributed by atoms with Crippen LogP contribution in [0.4, 0.5) is 10.2 Å². The van der Waals surface area contributed by atoms with Crippen molar-refractivity contribution in [3.63, 3.8) is 0 Å². The summed E-state index contributed by atoms with van der Waals surface area (Å²) >= 11 is 0. The molecule has 10 nitrogen and oxygen atoms in total. The number of nitrogens with one attached hydrogen (secondary N) is 2. The first-order valence-electron chi connectivity index (χ1n) is 13.4. The Hall–Kier alpha value is -4.03. The van der Waals surface area contributed by atoms with Gasteiger partial charge in [0.05, 0.1) is 45.3 Å². The number of aryl methyl sites for hydroxylation is 1. The lowest BCUT2D eigenvalue weighted by atomic mass is 10.1. The summed E-state index contributed by atoms with van der Waals surface area (Å²) in [6.07, 6.45) is 6.31. The van der Waals surface area contributed by atoms with Crippen LogP contribution in [0.2, 0.25) is 0 Å². The molecule has 1 saturated carbocycles. The molecule has 5 heterocycles. The average molecular weight is 576 g/mol. The fourth-order valence-corrected chi connectivity index (χ4v) is 6.08. The Labute approximate surface area is 237 Å². The second-order valence-electron chi connectivity index (χ2n) is 11.0. The van der Waals surface area contributed by atoms with Crippen LogP contribution in [0, 0.1) is 12.7 Å². The van der Waals surface area contributed by atoms with E-state index in [0.29, 0.717) is 34.1 Å². The highest BCUT2D eigenvalue weighted by Gasteiger charge is 2.47. The number of anilines is 1. The molecule has 4 aromatic rings. The molecule has 2 fully saturated rings. The van der Waals surface area contributed by atoms with Gasteiger partial charge in [-0.25, -0.2) is 22.8 Å². The number of carbonyl (C=O) groups is 1. The largest absolute Gasteiger partial charge is 0.351 e. The van der Waals surface area contributed by atoms with E-state index in [2.05, 4.69) is 32.4 Å². The van der Waals surface area contributed by atoms with Gasteiger partial charge in [0.2, 0.25) is 0 Å². The first-order chi connectivity index (χ1) is 19.5. The summed E-state index contributed by atoms with van der Waals surface area (Å²) in [5.74, 6) is -0.243. The van der Waals surface area contributed by atoms with Crippen molar-refractivity contribution >= 4 is 32.5 Å². The van der Waals surface area contributed by atoms with Crippen LogP contribution in [0.3, 0.4) is 0 Å². The topological polar surface area (TPSA) is 130 Å². The van der Waals surface area contributed by atoms with Gasteiger partial charge >= 0.3 is 0 Å². The third-order valence-electron chi connectivity index (χ3n) is 7.73. The number of amides is 1. The lowest BCUT2D eigenvalue weighted by molar-refractivity contribution is 0.0950. The molecule has 6 rings (SSSR count). The lowest BCUT2D eigenvalue weighted by Crippen LogP contribution is -2.57. The molecule has 1 saturated heterocycles. The highest BCUT2D eigenvalue weighted by Crippen LogP contribution is 2.40. The minimum Gasteiger partial charge on any atom is -0.351 e. The SMILES string of the molecule is Cc1ncc(C(=O)NCc2cc3nc(-c4cc(F)cc(N5CC6(CC6)NCC5C)n4)ccc3cn2)cc1S(C)(=O)=O. The van der Waals surface area contributed by atoms with Gasteiger partial charge in [0, 0.05) is 60.8 Å². The fraction of sp³-hybridized carbons (Fsp3) is 0.345. The molecule has 12 heteroatoms. The Morgan fingerprint density at radius 2 is 1.93 bits per heavy atom. The molecule has 4 aromatic heterocycles. The molecule has 1 aliphatic carbocycles. The van der Waals surface area contributed by atoms with Crippen molar-refractivity contribution in [2.75, 3.05) is 24.2 Å². The minimum atomic E-state index is -3.52. The van der Waals surface area contributed by atoms with Crippen LogP contribution in [0.5, 0.6) is 0 Å². The first kappa shape index (κ1) is 27.2. The number of nitrogens with zero attached hydrogens (tertiary/aromatic N) is 5. The van der Waals surface area contributed by atoms with Crippen LogP contribution in [0.1, 0.15) is 41.5 Å². The number of halogens is 1. The summed E-state index contributed by atoms with van der Waals surface area (Å²) in [6, 6.07) is 9.78. The number of pyridine rings is 4. The van der Waals surface area contributed by atoms with Gasteiger partial charge in [-0.15, -0.1) is 0 Å². The maximum absolute atomic E-state index is 14.8. The van der Waals surface area contributed by atoms with E-state index in [9.17, 15) is 17.6 Å². The lowest BCUT2D eigenvalue weighted by Gasteiger charge is -2.40. The van der Waals surface area contributed by atoms with Gasteiger partial charge in [-0.05, 0) is 51.0 Å². The average Bonchev–Trinajstić information content (AvgIpc) is 3.70. The maximum Gasteiger partial charge on any atom is 0.253 e. The zero-order valence-corrected chi connectivity index (χ0v) is 23.8. The quantitative estimate of drug-likeness (QED) is 0.356. The summed E-state index contributed by atoms with van der Waals surface area (Å²) < 4.78 is 38.8. The van der Waals surface area contributed by atoms with Gasteiger partial charge in [-0.2, -0.15) is 0 Å². The number of rotatable bonds is 6. The third kappa shape index (κ3) is 5.62. The van der Waals surface area contributed by atoms with Crippen LogP contribution in [0.25, 0.3) is 22.3 Å². The van der Waals surface area contributed by atoms with E-state index in [1.54, 1.807) is 25.3 Å². The summed E-state index contributed by atoms with van der Waals surface area (Å²) in [5, 5.41) is 7.15. The van der Waals surface area contributed by atoms with E-state index < -0.39 is 15.7 Å². The standard InChI is InChI=1S/C29H30FN7O3S/c1-17-12-34-29(6-7-29)16-37(17)27-10-21(30)9-25(36-27)23-5-4-19-13-32-22(11-24(19)35-23)15-33-28(38)20-8-26(41(3,39)40)18(2)31-14-20/h4-5,8-11,13-14,17,34H,6-7,12,15-16H2,1-3H3,(H,33,38). The Kier molecular flexibility index (Phi) is 6.69. The summed E-state index contributed by atoms with van der Waals surface area (Å²) in [5.41, 5.74) is 2.73. The Morgan fingerprint density at radius 1 is 1.12 bits per heavy atom. The van der Waals surface area contributed by atoms with Crippen molar-refractivity contribution in [3.05, 3.63) is 71.6 Å². The van der Waals surface area contributed by atoms with Crippen molar-refractivity contribution in [1.82, 2.24) is 30.6 Å². The molecule has 1 spiro atoms. The first-order valence-corrected chi connectivity index (χ1v) is 15.3. The van der Waals surface area contributed by atoms with Gasteiger partial charge in [0.15, 0.2) is 9.84 Å². The highest BCUT2D eigenvalue weighted by molar-refractivity contribution is 7.90. The van der Waals surface area contributed by atoms with Crippen LogP contribution in [0.15, 0.2) is 53.7 Å². The molecule has 1 amide bonds. The minimum absolute atomic E-state index is 0.0123. The third-order valence-corrected chi connectivity index (χ3v) is 8.94. The van der Waals surface area contributed by atoms with E-state index in [4.69, 9.17) is 9.97 Å². The van der Waals surface area contributed by atoms with Gasteiger partial charge in [0.25, 0.3) is 5.91 Å². The number of hydrogen-bond acceptors (Lipinski definition) is 9. The van der Waals surface area contributed by atoms with E-state index in [1.165, 1.54) is 24.4 Å². The van der Waals surface area contributed by atoms with Crippen LogP contribution >= 0.6 is 0 Å². The van der Waals surface area contributed by atoms with E-state index in [1.807, 2.05) is 6.07 Å². The molecular formula is C29H30FN7O3S. The van der Waals surface area contributed by atoms with Crippen molar-refractivity contribution in [1.29, 1.82) is 0 Å². The number of sulfone groups is 1. The fourth-order valence-electron chi connectivity index (χ4n) is 5.15. The number of carbonyl (C=O) groups excluding carboxylic acids is 1. The summed E-state index contributed by atoms with van der Waals surface area (Å²) in [4.78, 5) is 32.9. The molecule has 1 aliphatic heterocycles. The van der Waals surface area contributed by atoms with Crippen LogP contribution in [-0.4, -0.2) is 65.2 Å². The van der Waals surface area contributed by atoms with E-state index in [0.717, 1.165) is 37.6 Å². The Bertz CT molecular complexity index is 1790. The van der Waals surface area contributed by atoms with Crippen LogP contribution < -0.4 is 15.5 Å². The molecular weight excluding hydrogens is 545 g/mol. The van der Waals surface area contributed by atoms with E-state index >= 15 is 0 Å². The summed E-state index contributed by atoms with van der Waals surface area (Å²) in [6.45, 7) is 5.40. The monoisotopic (exact) mass is 575 g/mol. The smallest absolute Gasteiger partial charge is 0.253 e. The predicted molar refractivity (Wildman–Crippen MR) is 153 cm³/mol. The summed E-state index contributed by atoms with van der Waals surface area (Å²) in [7, 11) is -3.52. The predicted octanol–water partition coefficient (Wildman–Crippen LogP) is 3.20. The number of fused-ring (bicyclic) bond motifs is 1. The molecule has 0 aromatic carbocycles. The van der Waals surface area contributed by atoms with Crippen molar-refractivity contribution < 1.29 is 17.6 Å². The zero-order chi connectivity index (χ0) is 28.9. The molecule has 41 heavy (non-hydrogen) atoms. The van der Waals surface area contributed by atoms with Gasteiger partial charge in [0.1, 0.15) is 11.6 Å². The molecule has 212 valence electrons. The molecule has 1 unspecified atom stereocenters. The Morgan fingerprint density at radius 3 is 2.68 bits per heavy atom. The van der Waals surface area contributed by atoms with Crippen molar-refractivity contribution in [3.8, 4) is 11.4 Å². The van der Waals surface area contributed by atoms with E-state index in [-0.39, 0.29) is 34.4 Å².